The normalized spacial score (nSPS) is 15.5. The van der Waals surface area contributed by atoms with Crippen molar-refractivity contribution in [3.8, 4) is 0 Å². The molecule has 25 heavy (non-hydrogen) atoms. The second-order valence-corrected chi connectivity index (χ2v) is 6.31. The van der Waals surface area contributed by atoms with Gasteiger partial charge in [0.1, 0.15) is 0 Å². The van der Waals surface area contributed by atoms with E-state index in [2.05, 4.69) is 32.1 Å². The Bertz CT molecular complexity index is 416. The molecule has 0 aromatic carbocycles. The largest absolute Gasteiger partial charge is 0.389 e. The molecule has 0 aromatic heterocycles. The summed E-state index contributed by atoms with van der Waals surface area (Å²) in [6, 6.07) is 0. The van der Waals surface area contributed by atoms with Crippen molar-refractivity contribution in [2.24, 2.45) is 0 Å². The first-order valence-electron chi connectivity index (χ1n) is 9.88. The van der Waals surface area contributed by atoms with E-state index in [0.29, 0.717) is 12.8 Å². The molecule has 142 valence electrons. The fraction of sp³-hybridized carbons (Fsp3) is 0.565. The van der Waals surface area contributed by atoms with Crippen LogP contribution in [0.3, 0.4) is 0 Å². The van der Waals surface area contributed by atoms with Crippen LogP contribution in [0.15, 0.2) is 60.8 Å². The second kappa shape index (κ2) is 19.0. The average Bonchev–Trinajstić information content (AvgIpc) is 2.60. The Morgan fingerprint density at radius 2 is 1.20 bits per heavy atom. The van der Waals surface area contributed by atoms with E-state index in [1.54, 1.807) is 12.2 Å². The van der Waals surface area contributed by atoms with Gasteiger partial charge in [0.2, 0.25) is 0 Å². The van der Waals surface area contributed by atoms with Crippen LogP contribution in [-0.2, 0) is 0 Å². The van der Waals surface area contributed by atoms with Crippen LogP contribution in [0.4, 0.5) is 0 Å². The highest BCUT2D eigenvalue weighted by Gasteiger charge is 1.94. The summed E-state index contributed by atoms with van der Waals surface area (Å²) in [5.41, 5.74) is 0. The predicted molar refractivity (Wildman–Crippen MR) is 111 cm³/mol. The van der Waals surface area contributed by atoms with E-state index in [0.717, 1.165) is 12.8 Å². The van der Waals surface area contributed by atoms with Crippen LogP contribution in [0, 0.1) is 0 Å². The van der Waals surface area contributed by atoms with Gasteiger partial charge in [-0.2, -0.15) is 0 Å². The molecule has 0 unspecified atom stereocenters. The summed E-state index contributed by atoms with van der Waals surface area (Å²) < 4.78 is 0. The lowest BCUT2D eigenvalue weighted by molar-refractivity contribution is 0.226. The molecule has 0 aliphatic rings. The molecule has 2 nitrogen and oxygen atoms in total. The first-order chi connectivity index (χ1) is 12.2. The Morgan fingerprint density at radius 1 is 0.640 bits per heavy atom. The van der Waals surface area contributed by atoms with Gasteiger partial charge in [0, 0.05) is 0 Å². The Morgan fingerprint density at radius 3 is 1.76 bits per heavy atom. The lowest BCUT2D eigenvalue weighted by Crippen LogP contribution is -1.99. The van der Waals surface area contributed by atoms with Crippen molar-refractivity contribution in [3.63, 3.8) is 0 Å². The van der Waals surface area contributed by atoms with Gasteiger partial charge in [0.25, 0.3) is 0 Å². The second-order valence-electron chi connectivity index (χ2n) is 6.31. The number of unbranched alkanes of at least 4 members (excludes halogenated alkanes) is 5. The summed E-state index contributed by atoms with van der Waals surface area (Å²) >= 11 is 0. The predicted octanol–water partition coefficient (Wildman–Crippen LogP) is 6.04. The van der Waals surface area contributed by atoms with Gasteiger partial charge in [0.05, 0.1) is 12.2 Å². The molecule has 0 bridgehead atoms. The highest BCUT2D eigenvalue weighted by Crippen LogP contribution is 2.06. The van der Waals surface area contributed by atoms with Crippen LogP contribution in [0.2, 0.25) is 0 Å². The third-order valence-corrected chi connectivity index (χ3v) is 3.80. The summed E-state index contributed by atoms with van der Waals surface area (Å²) in [7, 11) is 0. The van der Waals surface area contributed by atoms with Gasteiger partial charge in [-0.1, -0.05) is 100 Å². The molecule has 0 aliphatic heterocycles. The van der Waals surface area contributed by atoms with Gasteiger partial charge >= 0.3 is 0 Å². The summed E-state index contributed by atoms with van der Waals surface area (Å²) in [5, 5.41) is 19.5. The molecule has 0 saturated heterocycles. The van der Waals surface area contributed by atoms with Crippen LogP contribution in [0.1, 0.15) is 71.6 Å². The summed E-state index contributed by atoms with van der Waals surface area (Å²) in [5.74, 6) is 0. The van der Waals surface area contributed by atoms with E-state index < -0.39 is 12.2 Å². The van der Waals surface area contributed by atoms with Gasteiger partial charge in [-0.05, 0) is 32.1 Å². The van der Waals surface area contributed by atoms with E-state index in [-0.39, 0.29) is 0 Å². The van der Waals surface area contributed by atoms with Crippen molar-refractivity contribution in [2.45, 2.75) is 83.8 Å². The van der Waals surface area contributed by atoms with Gasteiger partial charge in [-0.15, -0.1) is 0 Å². The van der Waals surface area contributed by atoms with Crippen molar-refractivity contribution < 1.29 is 10.2 Å². The van der Waals surface area contributed by atoms with Crippen molar-refractivity contribution in [3.05, 3.63) is 60.8 Å². The maximum atomic E-state index is 9.85. The van der Waals surface area contributed by atoms with E-state index in [9.17, 15) is 10.2 Å². The van der Waals surface area contributed by atoms with Crippen LogP contribution in [-0.4, -0.2) is 22.4 Å². The first kappa shape index (κ1) is 23.6. The van der Waals surface area contributed by atoms with Gasteiger partial charge in [0.15, 0.2) is 0 Å². The molecule has 0 aliphatic carbocycles. The molecule has 0 amide bonds. The van der Waals surface area contributed by atoms with Crippen LogP contribution >= 0.6 is 0 Å². The highest BCUT2D eigenvalue weighted by molar-refractivity contribution is 5.13. The molecule has 2 heteroatoms. The summed E-state index contributed by atoms with van der Waals surface area (Å²) in [6.07, 6.45) is 28.3. The lowest BCUT2D eigenvalue weighted by Gasteiger charge is -2.00. The number of hydrogen-bond donors (Lipinski definition) is 2. The topological polar surface area (TPSA) is 40.5 Å². The third-order valence-electron chi connectivity index (χ3n) is 3.80. The molecule has 0 rings (SSSR count). The number of aliphatic hydroxyl groups excluding tert-OH is 2. The minimum absolute atomic E-state index is 0.435. The van der Waals surface area contributed by atoms with Crippen LogP contribution in [0.5, 0.6) is 0 Å². The maximum Gasteiger partial charge on any atom is 0.0758 e. The zero-order valence-electron chi connectivity index (χ0n) is 16.2. The molecule has 0 aromatic rings. The fourth-order valence-electron chi connectivity index (χ4n) is 2.29. The van der Waals surface area contributed by atoms with E-state index in [1.807, 2.05) is 30.4 Å². The molecular formula is C23H38O2. The highest BCUT2D eigenvalue weighted by atomic mass is 16.3. The van der Waals surface area contributed by atoms with E-state index >= 15 is 0 Å². The summed E-state index contributed by atoms with van der Waals surface area (Å²) in [6.45, 7) is 4.31. The molecule has 2 N–H and O–H groups in total. The molecule has 0 heterocycles. The maximum absolute atomic E-state index is 9.85. The fourth-order valence-corrected chi connectivity index (χ4v) is 2.29. The van der Waals surface area contributed by atoms with E-state index in [4.69, 9.17) is 0 Å². The Labute approximate surface area is 155 Å². The minimum atomic E-state index is -0.436. The number of aliphatic hydroxyl groups is 2. The molecule has 0 saturated carbocycles. The standard InChI is InChI=1S/C23H38O2/c1-3-5-7-8-9-10-11-15-19-23(25)21-17-13-12-16-20-22(24)18-14-6-4-2/h6,11-17,20-25H,3-5,7-10,18-19H2,1-2H3/b13-12+,14-6-,15-11-,20-16-,21-17+/t22-,23+/m0/s1. The van der Waals surface area contributed by atoms with Gasteiger partial charge < -0.3 is 10.2 Å². The lowest BCUT2D eigenvalue weighted by atomic mass is 10.1. The molecule has 2 atom stereocenters. The number of allylic oxidation sites excluding steroid dienone is 6. The van der Waals surface area contributed by atoms with Crippen molar-refractivity contribution in [1.29, 1.82) is 0 Å². The monoisotopic (exact) mass is 346 g/mol. The minimum Gasteiger partial charge on any atom is -0.389 e. The van der Waals surface area contributed by atoms with E-state index in [1.165, 1.54) is 32.1 Å². The van der Waals surface area contributed by atoms with Gasteiger partial charge in [-0.25, -0.2) is 0 Å². The zero-order chi connectivity index (χ0) is 18.6. The van der Waals surface area contributed by atoms with Crippen LogP contribution < -0.4 is 0 Å². The third kappa shape index (κ3) is 18.8. The first-order valence-corrected chi connectivity index (χ1v) is 9.88. The van der Waals surface area contributed by atoms with Gasteiger partial charge in [-0.3, -0.25) is 0 Å². The number of hydrogen-bond acceptors (Lipinski definition) is 2. The smallest absolute Gasteiger partial charge is 0.0758 e. The van der Waals surface area contributed by atoms with Crippen molar-refractivity contribution in [2.75, 3.05) is 0 Å². The average molecular weight is 347 g/mol. The number of rotatable bonds is 15. The Hall–Kier alpha value is -1.38. The molecule has 0 fully saturated rings. The zero-order valence-corrected chi connectivity index (χ0v) is 16.2. The molecule has 0 spiro atoms. The quantitative estimate of drug-likeness (QED) is 0.215. The summed E-state index contributed by atoms with van der Waals surface area (Å²) in [4.78, 5) is 0. The SMILES string of the molecule is CC/C=C\C[C@H](O)\C=C/C=C/C=C/[C@H](O)C/C=C\CCCCCCC. The Kier molecular flexibility index (Phi) is 17.9. The Balaban J connectivity index is 3.77. The molecular weight excluding hydrogens is 308 g/mol. The van der Waals surface area contributed by atoms with Crippen LogP contribution in [0.25, 0.3) is 0 Å². The van der Waals surface area contributed by atoms with Crippen molar-refractivity contribution >= 4 is 0 Å². The molecule has 0 radical (unpaired) electrons. The van der Waals surface area contributed by atoms with Crippen molar-refractivity contribution in [1.82, 2.24) is 0 Å².